The molecule has 150 valence electrons. The van der Waals surface area contributed by atoms with Gasteiger partial charge >= 0.3 is 0 Å². The zero-order valence-corrected chi connectivity index (χ0v) is 17.4. The molecular weight excluding hydrogens is 376 g/mol. The van der Waals surface area contributed by atoms with Gasteiger partial charge in [-0.2, -0.15) is 0 Å². The maximum Gasteiger partial charge on any atom is 0.123 e. The number of benzene rings is 4. The molecule has 0 atom stereocenters. The third-order valence-electron chi connectivity index (χ3n) is 5.71. The molecule has 0 aliphatic heterocycles. The van der Waals surface area contributed by atoms with Gasteiger partial charge in [0.1, 0.15) is 5.75 Å². The number of aromatic hydroxyl groups is 1. The summed E-state index contributed by atoms with van der Waals surface area (Å²) in [6, 6.07) is 22.4. The quantitative estimate of drug-likeness (QED) is 0.344. The van der Waals surface area contributed by atoms with Gasteiger partial charge in [-0.15, -0.1) is 0 Å². The van der Waals surface area contributed by atoms with Crippen LogP contribution in [0.2, 0.25) is 0 Å². The summed E-state index contributed by atoms with van der Waals surface area (Å²) in [6.45, 7) is 16.2. The topological polar surface area (TPSA) is 20.2 Å². The van der Waals surface area contributed by atoms with E-state index in [0.29, 0.717) is 5.56 Å². The lowest BCUT2D eigenvalue weighted by molar-refractivity contribution is 0.474. The van der Waals surface area contributed by atoms with Crippen molar-refractivity contribution in [3.63, 3.8) is 0 Å². The Balaban J connectivity index is 2.25. The van der Waals surface area contributed by atoms with Gasteiger partial charge in [0.2, 0.25) is 0 Å². The molecule has 1 heteroatoms. The highest BCUT2D eigenvalue weighted by Crippen LogP contribution is 2.45. The van der Waals surface area contributed by atoms with Crippen LogP contribution in [-0.2, 0) is 0 Å². The SMILES string of the molecule is C=Cc1c(O)ccc(-c2c(C=C)c(C=C)c(-c3ccccc3)c3ccccc23)c1C=C. The lowest BCUT2D eigenvalue weighted by Crippen LogP contribution is -1.98. The molecule has 4 aromatic rings. The first kappa shape index (κ1) is 20.2. The largest absolute Gasteiger partial charge is 0.507 e. The Hall–Kier alpha value is -4.10. The summed E-state index contributed by atoms with van der Waals surface area (Å²) in [5.41, 5.74) is 7.80. The summed E-state index contributed by atoms with van der Waals surface area (Å²) >= 11 is 0. The number of phenolic OH excluding ortho intramolecular Hbond substituents is 1. The van der Waals surface area contributed by atoms with Crippen LogP contribution in [0.1, 0.15) is 22.3 Å². The lowest BCUT2D eigenvalue weighted by atomic mass is 9.81. The number of fused-ring (bicyclic) bond motifs is 1. The standard InChI is InChI=1S/C30H24O/c1-5-21-22(6-2)28(31)19-18-27(21)30-24(8-4)23(7-3)29(20-14-10-9-11-15-20)25-16-12-13-17-26(25)30/h5-19,31H,1-4H2. The number of rotatable bonds is 6. The van der Waals surface area contributed by atoms with Crippen LogP contribution in [0.15, 0.2) is 93.0 Å². The van der Waals surface area contributed by atoms with Crippen molar-refractivity contribution in [1.82, 2.24) is 0 Å². The smallest absolute Gasteiger partial charge is 0.123 e. The Kier molecular flexibility index (Phi) is 5.43. The summed E-state index contributed by atoms with van der Waals surface area (Å²) in [4.78, 5) is 0. The summed E-state index contributed by atoms with van der Waals surface area (Å²) in [6.07, 6.45) is 7.22. The molecule has 0 heterocycles. The van der Waals surface area contributed by atoms with E-state index in [4.69, 9.17) is 0 Å². The van der Waals surface area contributed by atoms with Crippen molar-refractivity contribution in [3.8, 4) is 28.0 Å². The van der Waals surface area contributed by atoms with Gasteiger partial charge in [0.15, 0.2) is 0 Å². The molecule has 4 rings (SSSR count). The lowest BCUT2D eigenvalue weighted by Gasteiger charge is -2.22. The molecule has 1 nitrogen and oxygen atoms in total. The van der Waals surface area contributed by atoms with E-state index < -0.39 is 0 Å². The minimum atomic E-state index is 0.183. The van der Waals surface area contributed by atoms with Gasteiger partial charge in [-0.25, -0.2) is 0 Å². The van der Waals surface area contributed by atoms with E-state index in [1.165, 1.54) is 0 Å². The van der Waals surface area contributed by atoms with E-state index >= 15 is 0 Å². The van der Waals surface area contributed by atoms with Crippen molar-refractivity contribution in [2.45, 2.75) is 0 Å². The van der Waals surface area contributed by atoms with Gasteiger partial charge in [-0.3, -0.25) is 0 Å². The third-order valence-corrected chi connectivity index (χ3v) is 5.71. The van der Waals surface area contributed by atoms with Crippen LogP contribution in [0, 0.1) is 0 Å². The molecule has 0 aromatic heterocycles. The molecule has 0 unspecified atom stereocenters. The first-order chi connectivity index (χ1) is 15.2. The predicted octanol–water partition coefficient (Wildman–Crippen LogP) is 8.45. The molecule has 31 heavy (non-hydrogen) atoms. The molecule has 0 saturated carbocycles. The van der Waals surface area contributed by atoms with E-state index in [1.807, 2.05) is 42.5 Å². The van der Waals surface area contributed by atoms with E-state index in [2.05, 4.69) is 56.6 Å². The first-order valence-corrected chi connectivity index (χ1v) is 10.2. The molecule has 1 N–H and O–H groups in total. The van der Waals surface area contributed by atoms with Gasteiger partial charge in [0.25, 0.3) is 0 Å². The van der Waals surface area contributed by atoms with E-state index in [0.717, 1.165) is 49.7 Å². The maximum atomic E-state index is 10.4. The fourth-order valence-electron chi connectivity index (χ4n) is 4.39. The average molecular weight is 401 g/mol. The normalized spacial score (nSPS) is 10.6. The summed E-state index contributed by atoms with van der Waals surface area (Å²) in [5, 5.41) is 12.6. The first-order valence-electron chi connectivity index (χ1n) is 10.2. The maximum absolute atomic E-state index is 10.4. The van der Waals surface area contributed by atoms with Crippen molar-refractivity contribution < 1.29 is 5.11 Å². The molecule has 4 aromatic carbocycles. The van der Waals surface area contributed by atoms with Crippen molar-refractivity contribution in [2.24, 2.45) is 0 Å². The highest BCUT2D eigenvalue weighted by atomic mass is 16.3. The molecular formula is C30H24O. The second kappa shape index (κ2) is 8.33. The van der Waals surface area contributed by atoms with Crippen molar-refractivity contribution in [3.05, 3.63) is 115 Å². The van der Waals surface area contributed by atoms with Gasteiger partial charge < -0.3 is 5.11 Å². The van der Waals surface area contributed by atoms with Crippen LogP contribution in [0.3, 0.4) is 0 Å². The van der Waals surface area contributed by atoms with Gasteiger partial charge in [-0.1, -0.05) is 111 Å². The van der Waals surface area contributed by atoms with Crippen LogP contribution in [0.4, 0.5) is 0 Å². The molecule has 0 amide bonds. The van der Waals surface area contributed by atoms with E-state index in [-0.39, 0.29) is 5.75 Å². The number of phenols is 1. The molecule has 0 radical (unpaired) electrons. The fraction of sp³-hybridized carbons (Fsp3) is 0. The molecule has 0 saturated heterocycles. The predicted molar refractivity (Wildman–Crippen MR) is 137 cm³/mol. The van der Waals surface area contributed by atoms with Crippen LogP contribution in [-0.4, -0.2) is 5.11 Å². The Morgan fingerprint density at radius 1 is 0.516 bits per heavy atom. The zero-order valence-electron chi connectivity index (χ0n) is 17.4. The highest BCUT2D eigenvalue weighted by Gasteiger charge is 2.21. The third kappa shape index (κ3) is 3.21. The van der Waals surface area contributed by atoms with Crippen LogP contribution in [0.25, 0.3) is 57.3 Å². The summed E-state index contributed by atoms with van der Waals surface area (Å²) in [7, 11) is 0. The monoisotopic (exact) mass is 400 g/mol. The second-order valence-corrected chi connectivity index (χ2v) is 7.27. The molecule has 0 aliphatic rings. The second-order valence-electron chi connectivity index (χ2n) is 7.27. The highest BCUT2D eigenvalue weighted by molar-refractivity contribution is 6.12. The summed E-state index contributed by atoms with van der Waals surface area (Å²) in [5.74, 6) is 0.183. The average Bonchev–Trinajstić information content (AvgIpc) is 2.82. The van der Waals surface area contributed by atoms with Crippen LogP contribution >= 0.6 is 0 Å². The Labute approximate surface area is 183 Å². The van der Waals surface area contributed by atoms with Crippen molar-refractivity contribution in [1.29, 1.82) is 0 Å². The van der Waals surface area contributed by atoms with Crippen molar-refractivity contribution >= 4 is 35.1 Å². The zero-order chi connectivity index (χ0) is 22.0. The van der Waals surface area contributed by atoms with Gasteiger partial charge in [-0.05, 0) is 55.8 Å². The minimum absolute atomic E-state index is 0.183. The molecule has 0 spiro atoms. The van der Waals surface area contributed by atoms with E-state index in [1.54, 1.807) is 18.2 Å². The number of hydrogen-bond acceptors (Lipinski definition) is 1. The van der Waals surface area contributed by atoms with Gasteiger partial charge in [0, 0.05) is 5.56 Å². The number of hydrogen-bond donors (Lipinski definition) is 1. The fourth-order valence-corrected chi connectivity index (χ4v) is 4.39. The van der Waals surface area contributed by atoms with Crippen LogP contribution < -0.4 is 0 Å². The van der Waals surface area contributed by atoms with Gasteiger partial charge in [0.05, 0.1) is 0 Å². The Morgan fingerprint density at radius 2 is 1.03 bits per heavy atom. The molecule has 0 aliphatic carbocycles. The Morgan fingerprint density at radius 3 is 1.61 bits per heavy atom. The van der Waals surface area contributed by atoms with Crippen LogP contribution in [0.5, 0.6) is 5.75 Å². The van der Waals surface area contributed by atoms with Crippen molar-refractivity contribution in [2.75, 3.05) is 0 Å². The minimum Gasteiger partial charge on any atom is -0.507 e. The van der Waals surface area contributed by atoms with E-state index in [9.17, 15) is 5.11 Å². The summed E-state index contributed by atoms with van der Waals surface area (Å²) < 4.78 is 0. The molecule has 0 fully saturated rings. The Bertz CT molecular complexity index is 1340. The molecule has 0 bridgehead atoms.